The highest BCUT2D eigenvalue weighted by atomic mass is 16.6. The molecule has 1 aromatic heterocycles. The van der Waals surface area contributed by atoms with Gasteiger partial charge in [-0.2, -0.15) is 0 Å². The Morgan fingerprint density at radius 3 is 2.50 bits per heavy atom. The lowest BCUT2D eigenvalue weighted by Gasteiger charge is -2.24. The highest BCUT2D eigenvalue weighted by molar-refractivity contribution is 6.06. The van der Waals surface area contributed by atoms with E-state index >= 15 is 0 Å². The second-order valence-electron chi connectivity index (χ2n) is 6.16. The number of aryl methyl sites for hydroxylation is 1. The summed E-state index contributed by atoms with van der Waals surface area (Å²) in [6.07, 6.45) is 1.61. The first-order chi connectivity index (χ1) is 12.7. The Labute approximate surface area is 151 Å². The fourth-order valence-corrected chi connectivity index (χ4v) is 2.90. The first-order valence-electron chi connectivity index (χ1n) is 8.51. The number of hydrogen-bond donors (Lipinski definition) is 0. The molecule has 5 heteroatoms. The first-order valence-corrected chi connectivity index (χ1v) is 8.51. The third-order valence-electron chi connectivity index (χ3n) is 4.27. The fourth-order valence-electron chi connectivity index (χ4n) is 2.90. The molecular formula is C21H19NO4. The van der Waals surface area contributed by atoms with Crippen LogP contribution in [0.5, 0.6) is 11.5 Å². The van der Waals surface area contributed by atoms with Crippen molar-refractivity contribution in [2.75, 3.05) is 18.1 Å². The monoisotopic (exact) mass is 349 g/mol. The molecule has 0 N–H and O–H groups in total. The molecular weight excluding hydrogens is 330 g/mol. The SMILES string of the molecule is Cc1ccc(N(Cc2ccco2)C(=O)c2ccc3c(c2)OCCO3)cc1. The molecule has 1 aliphatic heterocycles. The number of carbonyl (C=O) groups excluding carboxylic acids is 1. The largest absolute Gasteiger partial charge is 0.486 e. The zero-order valence-electron chi connectivity index (χ0n) is 14.5. The van der Waals surface area contributed by atoms with Crippen LogP contribution in [0.3, 0.4) is 0 Å². The molecule has 132 valence electrons. The van der Waals surface area contributed by atoms with Gasteiger partial charge < -0.3 is 18.8 Å². The average Bonchev–Trinajstić information content (AvgIpc) is 3.19. The van der Waals surface area contributed by atoms with Gasteiger partial charge in [-0.3, -0.25) is 4.79 Å². The number of furan rings is 1. The summed E-state index contributed by atoms with van der Waals surface area (Å²) in [6.45, 7) is 3.37. The molecule has 4 rings (SSSR count). The van der Waals surface area contributed by atoms with E-state index < -0.39 is 0 Å². The van der Waals surface area contributed by atoms with Gasteiger partial charge in [-0.1, -0.05) is 17.7 Å². The summed E-state index contributed by atoms with van der Waals surface area (Å²) in [6, 6.07) is 16.8. The predicted molar refractivity (Wildman–Crippen MR) is 97.8 cm³/mol. The highest BCUT2D eigenvalue weighted by Gasteiger charge is 2.22. The van der Waals surface area contributed by atoms with Gasteiger partial charge in [0, 0.05) is 11.3 Å². The van der Waals surface area contributed by atoms with E-state index in [1.807, 2.05) is 43.3 Å². The van der Waals surface area contributed by atoms with E-state index in [1.165, 1.54) is 0 Å². The molecule has 0 bridgehead atoms. The molecule has 0 radical (unpaired) electrons. The van der Waals surface area contributed by atoms with Crippen molar-refractivity contribution >= 4 is 11.6 Å². The third-order valence-corrected chi connectivity index (χ3v) is 4.27. The maximum Gasteiger partial charge on any atom is 0.258 e. The van der Waals surface area contributed by atoms with Crippen LogP contribution in [0, 0.1) is 6.92 Å². The van der Waals surface area contributed by atoms with Crippen molar-refractivity contribution in [1.82, 2.24) is 0 Å². The second kappa shape index (κ2) is 6.96. The number of ether oxygens (including phenoxy) is 2. The van der Waals surface area contributed by atoms with Gasteiger partial charge in [0.15, 0.2) is 11.5 Å². The van der Waals surface area contributed by atoms with Crippen LogP contribution in [0.2, 0.25) is 0 Å². The molecule has 0 fully saturated rings. The Hall–Kier alpha value is -3.21. The molecule has 0 saturated heterocycles. The summed E-state index contributed by atoms with van der Waals surface area (Å²) in [5, 5.41) is 0. The van der Waals surface area contributed by atoms with E-state index in [0.29, 0.717) is 36.8 Å². The Morgan fingerprint density at radius 1 is 1.00 bits per heavy atom. The van der Waals surface area contributed by atoms with Crippen molar-refractivity contribution in [3.8, 4) is 11.5 Å². The number of hydrogen-bond acceptors (Lipinski definition) is 4. The summed E-state index contributed by atoms with van der Waals surface area (Å²) >= 11 is 0. The molecule has 0 unspecified atom stereocenters. The van der Waals surface area contributed by atoms with E-state index in [-0.39, 0.29) is 5.91 Å². The molecule has 2 aromatic carbocycles. The minimum Gasteiger partial charge on any atom is -0.486 e. The lowest BCUT2D eigenvalue weighted by molar-refractivity contribution is 0.0982. The van der Waals surface area contributed by atoms with Crippen LogP contribution in [0.25, 0.3) is 0 Å². The van der Waals surface area contributed by atoms with Crippen molar-refractivity contribution in [2.45, 2.75) is 13.5 Å². The molecule has 0 saturated carbocycles. The lowest BCUT2D eigenvalue weighted by atomic mass is 10.1. The zero-order valence-corrected chi connectivity index (χ0v) is 14.5. The van der Waals surface area contributed by atoms with Gasteiger partial charge in [0.1, 0.15) is 19.0 Å². The smallest absolute Gasteiger partial charge is 0.258 e. The van der Waals surface area contributed by atoms with Crippen molar-refractivity contribution < 1.29 is 18.7 Å². The van der Waals surface area contributed by atoms with Crippen LogP contribution in [0.4, 0.5) is 5.69 Å². The Balaban J connectivity index is 1.68. The minimum absolute atomic E-state index is 0.123. The summed E-state index contributed by atoms with van der Waals surface area (Å²) in [5.41, 5.74) is 2.49. The van der Waals surface area contributed by atoms with E-state index in [2.05, 4.69) is 0 Å². The van der Waals surface area contributed by atoms with Crippen LogP contribution in [0.1, 0.15) is 21.7 Å². The Morgan fingerprint density at radius 2 is 1.77 bits per heavy atom. The van der Waals surface area contributed by atoms with Crippen LogP contribution in [-0.4, -0.2) is 19.1 Å². The minimum atomic E-state index is -0.123. The van der Waals surface area contributed by atoms with Gasteiger partial charge in [0.25, 0.3) is 5.91 Å². The second-order valence-corrected chi connectivity index (χ2v) is 6.16. The predicted octanol–water partition coefficient (Wildman–Crippen LogP) is 4.21. The summed E-state index contributed by atoms with van der Waals surface area (Å²) in [5.74, 6) is 1.86. The van der Waals surface area contributed by atoms with E-state index in [9.17, 15) is 4.79 Å². The normalized spacial score (nSPS) is 12.7. The topological polar surface area (TPSA) is 51.9 Å². The van der Waals surface area contributed by atoms with Crippen molar-refractivity contribution in [3.63, 3.8) is 0 Å². The number of amides is 1. The molecule has 5 nitrogen and oxygen atoms in total. The Kier molecular flexibility index (Phi) is 4.35. The number of fused-ring (bicyclic) bond motifs is 1. The summed E-state index contributed by atoms with van der Waals surface area (Å²) in [7, 11) is 0. The van der Waals surface area contributed by atoms with Crippen LogP contribution < -0.4 is 14.4 Å². The highest BCUT2D eigenvalue weighted by Crippen LogP contribution is 2.32. The van der Waals surface area contributed by atoms with E-state index in [1.54, 1.807) is 29.4 Å². The van der Waals surface area contributed by atoms with Gasteiger partial charge >= 0.3 is 0 Å². The molecule has 3 aromatic rings. The van der Waals surface area contributed by atoms with Crippen molar-refractivity contribution in [2.24, 2.45) is 0 Å². The standard InChI is InChI=1S/C21H19NO4/c1-15-4-7-17(8-5-15)22(14-18-3-2-10-24-18)21(23)16-6-9-19-20(13-16)26-12-11-25-19/h2-10,13H,11-12,14H2,1H3. The van der Waals surface area contributed by atoms with Gasteiger partial charge in [-0.25, -0.2) is 0 Å². The number of benzene rings is 2. The van der Waals surface area contributed by atoms with Crippen molar-refractivity contribution in [1.29, 1.82) is 0 Å². The third kappa shape index (κ3) is 3.28. The Bertz CT molecular complexity index is 900. The maximum absolute atomic E-state index is 13.2. The maximum atomic E-state index is 13.2. The molecule has 0 atom stereocenters. The quantitative estimate of drug-likeness (QED) is 0.708. The van der Waals surface area contributed by atoms with Crippen LogP contribution >= 0.6 is 0 Å². The van der Waals surface area contributed by atoms with Gasteiger partial charge in [0.2, 0.25) is 0 Å². The number of rotatable bonds is 4. The molecule has 1 amide bonds. The van der Waals surface area contributed by atoms with Gasteiger partial charge in [-0.05, 0) is 49.4 Å². The molecule has 26 heavy (non-hydrogen) atoms. The molecule has 0 spiro atoms. The van der Waals surface area contributed by atoms with Gasteiger partial charge in [0.05, 0.1) is 12.8 Å². The van der Waals surface area contributed by atoms with E-state index in [0.717, 1.165) is 17.0 Å². The first kappa shape index (κ1) is 16.3. The molecule has 2 heterocycles. The number of carbonyl (C=O) groups is 1. The fraction of sp³-hybridized carbons (Fsp3) is 0.190. The van der Waals surface area contributed by atoms with E-state index in [4.69, 9.17) is 13.9 Å². The number of nitrogens with zero attached hydrogens (tertiary/aromatic N) is 1. The van der Waals surface area contributed by atoms with Gasteiger partial charge in [-0.15, -0.1) is 0 Å². The summed E-state index contributed by atoms with van der Waals surface area (Å²) in [4.78, 5) is 14.9. The molecule has 1 aliphatic rings. The molecule has 0 aliphatic carbocycles. The zero-order chi connectivity index (χ0) is 17.9. The van der Waals surface area contributed by atoms with Crippen LogP contribution in [0.15, 0.2) is 65.3 Å². The van der Waals surface area contributed by atoms with Crippen LogP contribution in [-0.2, 0) is 6.54 Å². The lowest BCUT2D eigenvalue weighted by Crippen LogP contribution is -2.30. The summed E-state index contributed by atoms with van der Waals surface area (Å²) < 4.78 is 16.6. The average molecular weight is 349 g/mol. The van der Waals surface area contributed by atoms with Crippen molar-refractivity contribution in [3.05, 3.63) is 77.7 Å². The number of anilines is 1.